The molecule has 5 aromatic rings. The maximum absolute atomic E-state index is 6.22. The summed E-state index contributed by atoms with van der Waals surface area (Å²) in [4.78, 5) is 11.2. The minimum absolute atomic E-state index is 0.0349. The number of hydrogen-bond donors (Lipinski definition) is 0. The second kappa shape index (κ2) is 9.73. The predicted octanol–water partition coefficient (Wildman–Crippen LogP) is 5.35. The Bertz CT molecular complexity index is 1660. The molecule has 0 radical (unpaired) electrons. The zero-order valence-corrected chi connectivity index (χ0v) is 21.7. The summed E-state index contributed by atoms with van der Waals surface area (Å²) in [5.74, 6) is 1.35. The molecule has 3 heterocycles. The summed E-state index contributed by atoms with van der Waals surface area (Å²) >= 11 is 0. The monoisotopic (exact) mass is 506 g/mol. The largest absolute Gasteiger partial charge is 0.439 e. The Labute approximate surface area is 229 Å². The van der Waals surface area contributed by atoms with E-state index in [2.05, 4.69) is 130 Å². The Morgan fingerprint density at radius 2 is 1.49 bits per heavy atom. The van der Waals surface area contributed by atoms with Crippen molar-refractivity contribution >= 4 is 45.9 Å². The van der Waals surface area contributed by atoms with Crippen LogP contribution in [0.4, 0.5) is 22.7 Å². The van der Waals surface area contributed by atoms with E-state index in [1.807, 2.05) is 24.3 Å². The maximum Gasteiger partial charge on any atom is 0.246 e. The number of rotatable bonds is 5. The van der Waals surface area contributed by atoms with Gasteiger partial charge in [-0.05, 0) is 65.5 Å². The van der Waals surface area contributed by atoms with Gasteiger partial charge in [-0.25, -0.2) is 4.98 Å². The van der Waals surface area contributed by atoms with Crippen molar-refractivity contribution in [2.75, 3.05) is 23.5 Å². The first-order valence-electron chi connectivity index (χ1n) is 13.2. The highest BCUT2D eigenvalue weighted by atomic mass is 16.5. The summed E-state index contributed by atoms with van der Waals surface area (Å²) in [6, 6.07) is 40.3. The number of anilines is 4. The SMILES string of the molecule is CN1C=CN(c2cccc(B3c4ccccc4N(c4ccccc4)c4ccc(Oc5ccccn5)cc43)c2)C1. The first kappa shape index (κ1) is 23.2. The molecule has 0 fully saturated rings. The molecule has 0 aliphatic carbocycles. The molecule has 0 saturated carbocycles. The van der Waals surface area contributed by atoms with Crippen LogP contribution in [0.5, 0.6) is 11.6 Å². The van der Waals surface area contributed by atoms with E-state index in [9.17, 15) is 0 Å². The van der Waals surface area contributed by atoms with Gasteiger partial charge in [0, 0.05) is 54.5 Å². The van der Waals surface area contributed by atoms with Gasteiger partial charge in [0.2, 0.25) is 12.6 Å². The maximum atomic E-state index is 6.22. The lowest BCUT2D eigenvalue weighted by Crippen LogP contribution is -2.57. The number of fused-ring (bicyclic) bond motifs is 2. The molecule has 0 spiro atoms. The van der Waals surface area contributed by atoms with E-state index in [4.69, 9.17) is 4.74 Å². The molecule has 39 heavy (non-hydrogen) atoms. The van der Waals surface area contributed by atoms with E-state index in [1.54, 1.807) is 6.20 Å². The fourth-order valence-corrected chi connectivity index (χ4v) is 5.59. The van der Waals surface area contributed by atoms with Crippen LogP contribution in [-0.4, -0.2) is 30.3 Å². The zero-order valence-electron chi connectivity index (χ0n) is 21.7. The summed E-state index contributed by atoms with van der Waals surface area (Å²) in [5, 5.41) is 0. The number of hydrogen-bond acceptors (Lipinski definition) is 5. The van der Waals surface area contributed by atoms with Crippen molar-refractivity contribution in [3.05, 3.63) is 134 Å². The third kappa shape index (κ3) is 4.30. The number of ether oxygens (including phenoxy) is 1. The van der Waals surface area contributed by atoms with Crippen LogP contribution in [0.25, 0.3) is 0 Å². The Morgan fingerprint density at radius 3 is 2.31 bits per heavy atom. The Hall–Kier alpha value is -4.97. The predicted molar refractivity (Wildman–Crippen MR) is 161 cm³/mol. The van der Waals surface area contributed by atoms with E-state index < -0.39 is 0 Å². The third-order valence-corrected chi connectivity index (χ3v) is 7.33. The Balaban J connectivity index is 1.40. The van der Waals surface area contributed by atoms with Crippen LogP contribution in [0.1, 0.15) is 0 Å². The van der Waals surface area contributed by atoms with E-state index >= 15 is 0 Å². The van der Waals surface area contributed by atoms with Crippen LogP contribution < -0.4 is 30.9 Å². The highest BCUT2D eigenvalue weighted by Crippen LogP contribution is 2.37. The molecule has 1 aromatic heterocycles. The van der Waals surface area contributed by atoms with Crippen molar-refractivity contribution in [3.63, 3.8) is 0 Å². The number of aromatic nitrogens is 1. The van der Waals surface area contributed by atoms with Gasteiger partial charge in [-0.15, -0.1) is 0 Å². The molecule has 0 bridgehead atoms. The molecule has 0 saturated heterocycles. The van der Waals surface area contributed by atoms with Crippen molar-refractivity contribution in [1.29, 1.82) is 0 Å². The second-order valence-corrected chi connectivity index (χ2v) is 9.91. The average Bonchev–Trinajstić information content (AvgIpc) is 3.43. The van der Waals surface area contributed by atoms with Crippen LogP contribution in [0.3, 0.4) is 0 Å². The standard InChI is InChI=1S/C33H27BN4O/c1-36-20-21-37(24-36)27-13-9-10-25(22-27)34-29-14-5-6-15-31(29)38(26-11-3-2-4-12-26)32-18-17-28(23-30(32)34)39-33-16-7-8-19-35-33/h2-23H,24H2,1H3. The van der Waals surface area contributed by atoms with Crippen LogP contribution in [0.15, 0.2) is 134 Å². The van der Waals surface area contributed by atoms with E-state index in [0.717, 1.165) is 23.8 Å². The van der Waals surface area contributed by atoms with Crippen molar-refractivity contribution in [1.82, 2.24) is 9.88 Å². The van der Waals surface area contributed by atoms with E-state index in [-0.39, 0.29) is 6.71 Å². The fraction of sp³-hybridized carbons (Fsp3) is 0.0606. The smallest absolute Gasteiger partial charge is 0.246 e. The molecule has 0 atom stereocenters. The second-order valence-electron chi connectivity index (χ2n) is 9.91. The van der Waals surface area contributed by atoms with Crippen LogP contribution in [0, 0.1) is 0 Å². The normalized spacial score (nSPS) is 13.9. The summed E-state index contributed by atoms with van der Waals surface area (Å²) in [6.45, 7) is 0.873. The topological polar surface area (TPSA) is 31.8 Å². The number of para-hydroxylation sites is 2. The first-order chi connectivity index (χ1) is 19.2. The van der Waals surface area contributed by atoms with Gasteiger partial charge >= 0.3 is 0 Å². The van der Waals surface area contributed by atoms with Crippen LogP contribution >= 0.6 is 0 Å². The van der Waals surface area contributed by atoms with Gasteiger partial charge in [0.1, 0.15) is 5.75 Å². The van der Waals surface area contributed by atoms with Crippen molar-refractivity contribution in [2.45, 2.75) is 0 Å². The van der Waals surface area contributed by atoms with Gasteiger partial charge in [0.15, 0.2) is 0 Å². The Kier molecular flexibility index (Phi) is 5.78. The number of nitrogens with zero attached hydrogens (tertiary/aromatic N) is 4. The molecule has 0 amide bonds. The van der Waals surface area contributed by atoms with Gasteiger partial charge in [-0.1, -0.05) is 60.1 Å². The van der Waals surface area contributed by atoms with Gasteiger partial charge in [-0.2, -0.15) is 0 Å². The van der Waals surface area contributed by atoms with Crippen molar-refractivity contribution in [2.24, 2.45) is 0 Å². The summed E-state index contributed by atoms with van der Waals surface area (Å²) in [7, 11) is 2.09. The molecular formula is C33H27BN4O. The quantitative estimate of drug-likeness (QED) is 0.294. The van der Waals surface area contributed by atoms with E-state index in [0.29, 0.717) is 5.88 Å². The molecule has 188 valence electrons. The van der Waals surface area contributed by atoms with Gasteiger partial charge in [0.25, 0.3) is 0 Å². The number of pyridine rings is 1. The number of benzene rings is 4. The van der Waals surface area contributed by atoms with Gasteiger partial charge < -0.3 is 19.4 Å². The molecule has 5 nitrogen and oxygen atoms in total. The molecule has 2 aliphatic heterocycles. The summed E-state index contributed by atoms with van der Waals surface area (Å²) in [5.41, 5.74) is 8.33. The van der Waals surface area contributed by atoms with Crippen LogP contribution in [-0.2, 0) is 0 Å². The van der Waals surface area contributed by atoms with Gasteiger partial charge in [-0.3, -0.25) is 0 Å². The Morgan fingerprint density at radius 1 is 0.692 bits per heavy atom. The van der Waals surface area contributed by atoms with Crippen LogP contribution in [0.2, 0.25) is 0 Å². The van der Waals surface area contributed by atoms with Crippen molar-refractivity contribution < 1.29 is 4.74 Å². The molecular weight excluding hydrogens is 479 g/mol. The summed E-state index contributed by atoms with van der Waals surface area (Å²) < 4.78 is 6.22. The lowest BCUT2D eigenvalue weighted by molar-refractivity contribution is 0.463. The fourth-order valence-electron chi connectivity index (χ4n) is 5.59. The van der Waals surface area contributed by atoms with E-state index in [1.165, 1.54) is 27.8 Å². The molecule has 4 aromatic carbocycles. The molecule has 0 N–H and O–H groups in total. The van der Waals surface area contributed by atoms with Gasteiger partial charge in [0.05, 0.1) is 6.67 Å². The molecule has 2 aliphatic rings. The zero-order chi connectivity index (χ0) is 26.2. The minimum atomic E-state index is 0.0349. The summed E-state index contributed by atoms with van der Waals surface area (Å²) in [6.07, 6.45) is 5.99. The lowest BCUT2D eigenvalue weighted by Gasteiger charge is -2.37. The highest BCUT2D eigenvalue weighted by molar-refractivity contribution is 6.98. The lowest BCUT2D eigenvalue weighted by atomic mass is 9.35. The minimum Gasteiger partial charge on any atom is -0.439 e. The molecule has 7 rings (SSSR count). The average molecular weight is 506 g/mol. The van der Waals surface area contributed by atoms with Crippen molar-refractivity contribution in [3.8, 4) is 11.6 Å². The highest BCUT2D eigenvalue weighted by Gasteiger charge is 2.35. The molecule has 0 unspecified atom stereocenters. The first-order valence-corrected chi connectivity index (χ1v) is 13.2. The molecule has 6 heteroatoms. The third-order valence-electron chi connectivity index (χ3n) is 7.33.